The molecule has 1 aromatic carbocycles. The summed E-state index contributed by atoms with van der Waals surface area (Å²) < 4.78 is 5.31. The minimum absolute atomic E-state index is 0.00168. The Morgan fingerprint density at radius 1 is 0.923 bits per heavy atom. The third kappa shape index (κ3) is 3.40. The second kappa shape index (κ2) is 7.56. The van der Waals surface area contributed by atoms with Crippen molar-refractivity contribution in [3.8, 4) is 5.75 Å². The van der Waals surface area contributed by atoms with Gasteiger partial charge in [-0.2, -0.15) is 0 Å². The van der Waals surface area contributed by atoms with Crippen molar-refractivity contribution in [1.29, 1.82) is 0 Å². The highest BCUT2D eigenvalue weighted by Crippen LogP contribution is 2.25. The molecule has 0 N–H and O–H groups in total. The Bertz CT molecular complexity index is 813. The van der Waals surface area contributed by atoms with Gasteiger partial charge in [-0.15, -0.1) is 0 Å². The van der Waals surface area contributed by atoms with Gasteiger partial charge < -0.3 is 14.5 Å². The van der Waals surface area contributed by atoms with Crippen LogP contribution in [0.4, 0.5) is 0 Å². The predicted octanol–water partition coefficient (Wildman–Crippen LogP) is 2.31. The predicted molar refractivity (Wildman–Crippen MR) is 98.5 cm³/mol. The molecule has 3 rings (SSSR count). The number of amides is 2. The Morgan fingerprint density at radius 2 is 1.58 bits per heavy atom. The summed E-state index contributed by atoms with van der Waals surface area (Å²) in [6.45, 7) is 5.94. The largest absolute Gasteiger partial charge is 0.496 e. The van der Waals surface area contributed by atoms with Gasteiger partial charge in [-0.05, 0) is 49.2 Å². The molecule has 0 unspecified atom stereocenters. The number of benzene rings is 1. The molecule has 1 aromatic heterocycles. The number of nitrogens with zero attached hydrogens (tertiary/aromatic N) is 3. The Hall–Kier alpha value is -2.89. The molecule has 1 aliphatic heterocycles. The van der Waals surface area contributed by atoms with E-state index in [2.05, 4.69) is 4.98 Å². The average Bonchev–Trinajstić information content (AvgIpc) is 2.70. The highest BCUT2D eigenvalue weighted by molar-refractivity contribution is 5.97. The number of piperazine rings is 1. The van der Waals surface area contributed by atoms with Gasteiger partial charge in [0.15, 0.2) is 0 Å². The number of aromatic nitrogens is 1. The molecule has 0 spiro atoms. The number of methoxy groups -OCH3 is 1. The number of carbonyl (C=O) groups is 2. The zero-order valence-corrected chi connectivity index (χ0v) is 15.4. The molecular formula is C20H23N3O3. The topological polar surface area (TPSA) is 62.7 Å². The summed E-state index contributed by atoms with van der Waals surface area (Å²) in [7, 11) is 1.63. The van der Waals surface area contributed by atoms with E-state index in [4.69, 9.17) is 4.74 Å². The third-order valence-corrected chi connectivity index (χ3v) is 4.93. The van der Waals surface area contributed by atoms with Gasteiger partial charge in [-0.3, -0.25) is 14.6 Å². The lowest BCUT2D eigenvalue weighted by molar-refractivity contribution is 0.0532. The van der Waals surface area contributed by atoms with Crippen LogP contribution in [0.1, 0.15) is 32.0 Å². The highest BCUT2D eigenvalue weighted by Gasteiger charge is 2.27. The number of carbonyl (C=O) groups excluding carboxylic acids is 2. The summed E-state index contributed by atoms with van der Waals surface area (Å²) in [5.74, 6) is 0.692. The maximum Gasteiger partial charge on any atom is 0.272 e. The number of ether oxygens (including phenoxy) is 1. The van der Waals surface area contributed by atoms with Gasteiger partial charge in [0, 0.05) is 37.9 Å². The first kappa shape index (κ1) is 17.9. The van der Waals surface area contributed by atoms with Gasteiger partial charge >= 0.3 is 0 Å². The van der Waals surface area contributed by atoms with Crippen LogP contribution in [0.3, 0.4) is 0 Å². The molecule has 0 aliphatic carbocycles. The smallest absolute Gasteiger partial charge is 0.272 e. The molecule has 1 fully saturated rings. The Kier molecular flexibility index (Phi) is 5.21. The molecule has 0 bridgehead atoms. The number of rotatable bonds is 3. The van der Waals surface area contributed by atoms with E-state index in [9.17, 15) is 9.59 Å². The van der Waals surface area contributed by atoms with E-state index >= 15 is 0 Å². The van der Waals surface area contributed by atoms with Crippen LogP contribution in [0.5, 0.6) is 5.75 Å². The second-order valence-corrected chi connectivity index (χ2v) is 6.36. The molecule has 6 nitrogen and oxygen atoms in total. The second-order valence-electron chi connectivity index (χ2n) is 6.36. The quantitative estimate of drug-likeness (QED) is 0.849. The summed E-state index contributed by atoms with van der Waals surface area (Å²) in [6, 6.07) is 8.94. The van der Waals surface area contributed by atoms with Crippen molar-refractivity contribution < 1.29 is 14.3 Å². The van der Waals surface area contributed by atoms with Crippen LogP contribution < -0.4 is 4.74 Å². The molecular weight excluding hydrogens is 330 g/mol. The fraction of sp³-hybridized carbons (Fsp3) is 0.350. The van der Waals surface area contributed by atoms with E-state index in [0.717, 1.165) is 16.9 Å². The van der Waals surface area contributed by atoms with Gasteiger partial charge in [0.25, 0.3) is 11.8 Å². The van der Waals surface area contributed by atoms with Crippen LogP contribution in [0.2, 0.25) is 0 Å². The third-order valence-electron chi connectivity index (χ3n) is 4.93. The Balaban J connectivity index is 1.68. The number of hydrogen-bond donors (Lipinski definition) is 0. The van der Waals surface area contributed by atoms with E-state index in [1.54, 1.807) is 41.3 Å². The molecule has 6 heteroatoms. The van der Waals surface area contributed by atoms with Gasteiger partial charge in [0.1, 0.15) is 11.4 Å². The lowest BCUT2D eigenvalue weighted by atomic mass is 10.0. The van der Waals surface area contributed by atoms with Crippen molar-refractivity contribution in [1.82, 2.24) is 14.8 Å². The first-order chi connectivity index (χ1) is 12.5. The van der Waals surface area contributed by atoms with Crippen LogP contribution >= 0.6 is 0 Å². The van der Waals surface area contributed by atoms with E-state index in [1.165, 1.54) is 0 Å². The van der Waals surface area contributed by atoms with Crippen molar-refractivity contribution in [3.63, 3.8) is 0 Å². The van der Waals surface area contributed by atoms with Gasteiger partial charge in [-0.25, -0.2) is 0 Å². The zero-order valence-electron chi connectivity index (χ0n) is 15.4. The van der Waals surface area contributed by atoms with Crippen LogP contribution in [-0.4, -0.2) is 59.9 Å². The Labute approximate surface area is 153 Å². The van der Waals surface area contributed by atoms with E-state index in [-0.39, 0.29) is 11.8 Å². The lowest BCUT2D eigenvalue weighted by Gasteiger charge is -2.35. The zero-order chi connectivity index (χ0) is 18.7. The first-order valence-electron chi connectivity index (χ1n) is 8.66. The highest BCUT2D eigenvalue weighted by atomic mass is 16.5. The molecule has 1 aliphatic rings. The summed E-state index contributed by atoms with van der Waals surface area (Å²) in [6.07, 6.45) is 1.61. The first-order valence-corrected chi connectivity index (χ1v) is 8.66. The van der Waals surface area contributed by atoms with Gasteiger partial charge in [-0.1, -0.05) is 6.07 Å². The molecule has 2 aromatic rings. The molecule has 2 heterocycles. The SMILES string of the molecule is COc1ccc(C(=O)N2CCN(C(=O)c3ccccn3)CC2)c(C)c1C. The Morgan fingerprint density at radius 3 is 2.15 bits per heavy atom. The molecule has 0 radical (unpaired) electrons. The van der Waals surface area contributed by atoms with E-state index in [0.29, 0.717) is 37.4 Å². The maximum atomic E-state index is 12.9. The standard InChI is InChI=1S/C20H23N3O3/c1-14-15(2)18(26-3)8-7-16(14)19(24)22-10-12-23(13-11-22)20(25)17-6-4-5-9-21-17/h4-9H,10-13H2,1-3H3. The van der Waals surface area contributed by atoms with Gasteiger partial charge in [0.05, 0.1) is 7.11 Å². The average molecular weight is 353 g/mol. The molecule has 1 saturated heterocycles. The van der Waals surface area contributed by atoms with Crippen LogP contribution in [0, 0.1) is 13.8 Å². The molecule has 26 heavy (non-hydrogen) atoms. The molecule has 2 amide bonds. The molecule has 0 saturated carbocycles. The minimum atomic E-state index is -0.0887. The van der Waals surface area contributed by atoms with Crippen molar-refractivity contribution >= 4 is 11.8 Å². The molecule has 136 valence electrons. The maximum absolute atomic E-state index is 12.9. The van der Waals surface area contributed by atoms with Gasteiger partial charge in [0.2, 0.25) is 0 Å². The van der Waals surface area contributed by atoms with Crippen molar-refractivity contribution in [2.45, 2.75) is 13.8 Å². The van der Waals surface area contributed by atoms with Crippen LogP contribution in [0.15, 0.2) is 36.5 Å². The van der Waals surface area contributed by atoms with E-state index in [1.807, 2.05) is 26.0 Å². The minimum Gasteiger partial charge on any atom is -0.496 e. The lowest BCUT2D eigenvalue weighted by Crippen LogP contribution is -2.50. The summed E-state index contributed by atoms with van der Waals surface area (Å²) in [4.78, 5) is 33.0. The normalized spacial score (nSPS) is 14.3. The van der Waals surface area contributed by atoms with E-state index < -0.39 is 0 Å². The fourth-order valence-corrected chi connectivity index (χ4v) is 3.18. The van der Waals surface area contributed by atoms with Crippen molar-refractivity contribution in [2.24, 2.45) is 0 Å². The fourth-order valence-electron chi connectivity index (χ4n) is 3.18. The number of pyridine rings is 1. The van der Waals surface area contributed by atoms with Crippen LogP contribution in [-0.2, 0) is 0 Å². The number of hydrogen-bond acceptors (Lipinski definition) is 4. The summed E-state index contributed by atoms with van der Waals surface area (Å²) in [5, 5.41) is 0. The summed E-state index contributed by atoms with van der Waals surface area (Å²) in [5.41, 5.74) is 3.03. The summed E-state index contributed by atoms with van der Waals surface area (Å²) >= 11 is 0. The van der Waals surface area contributed by atoms with Crippen LogP contribution in [0.25, 0.3) is 0 Å². The van der Waals surface area contributed by atoms with Crippen molar-refractivity contribution in [3.05, 3.63) is 58.9 Å². The molecule has 0 atom stereocenters. The van der Waals surface area contributed by atoms with Crippen molar-refractivity contribution in [2.75, 3.05) is 33.3 Å². The monoisotopic (exact) mass is 353 g/mol.